The minimum Gasteiger partial charge on any atom is -0.336 e. The van der Waals surface area contributed by atoms with Crippen LogP contribution >= 0.6 is 11.3 Å². The minimum atomic E-state index is -0.0720. The fourth-order valence-corrected chi connectivity index (χ4v) is 3.03. The Hall–Kier alpha value is -1.98. The maximum Gasteiger partial charge on any atom is 0.0952 e. The van der Waals surface area contributed by atoms with Crippen LogP contribution in [0.4, 0.5) is 0 Å². The van der Waals surface area contributed by atoms with Gasteiger partial charge in [0.2, 0.25) is 0 Å². The summed E-state index contributed by atoms with van der Waals surface area (Å²) in [6.07, 6.45) is 4.32. The van der Waals surface area contributed by atoms with Crippen molar-refractivity contribution in [1.82, 2.24) is 14.5 Å². The summed E-state index contributed by atoms with van der Waals surface area (Å²) in [6, 6.07) is 10.1. The molecular weight excluding hydrogens is 268 g/mol. The largest absolute Gasteiger partial charge is 0.336 e. The van der Waals surface area contributed by atoms with E-state index in [2.05, 4.69) is 27.5 Å². The molecule has 1 aromatic carbocycles. The minimum absolute atomic E-state index is 0.0720. The van der Waals surface area contributed by atoms with Crippen molar-refractivity contribution >= 4 is 11.3 Å². The summed E-state index contributed by atoms with van der Waals surface area (Å²) in [4.78, 5) is 8.77. The molecule has 4 nitrogen and oxygen atoms in total. The van der Waals surface area contributed by atoms with Gasteiger partial charge in [-0.1, -0.05) is 30.3 Å². The van der Waals surface area contributed by atoms with Crippen molar-refractivity contribution in [2.24, 2.45) is 12.8 Å². The van der Waals surface area contributed by atoms with Crippen LogP contribution in [-0.4, -0.2) is 14.5 Å². The summed E-state index contributed by atoms with van der Waals surface area (Å²) in [5.41, 5.74) is 9.41. The van der Waals surface area contributed by atoms with Gasteiger partial charge in [-0.2, -0.15) is 0 Å². The van der Waals surface area contributed by atoms with Gasteiger partial charge in [0.25, 0.3) is 0 Å². The van der Waals surface area contributed by atoms with E-state index in [1.165, 1.54) is 0 Å². The summed E-state index contributed by atoms with van der Waals surface area (Å²) in [5, 5.41) is 3.14. The van der Waals surface area contributed by atoms with Crippen LogP contribution < -0.4 is 5.73 Å². The molecule has 3 aromatic rings. The van der Waals surface area contributed by atoms with Crippen LogP contribution in [-0.2, 0) is 13.5 Å². The van der Waals surface area contributed by atoms with E-state index in [0.717, 1.165) is 28.4 Å². The lowest BCUT2D eigenvalue weighted by Crippen LogP contribution is -2.16. The predicted octanol–water partition coefficient (Wildman–Crippen LogP) is 2.79. The van der Waals surface area contributed by atoms with Gasteiger partial charge in [0.05, 0.1) is 28.8 Å². The summed E-state index contributed by atoms with van der Waals surface area (Å²) < 4.78 is 1.95. The van der Waals surface area contributed by atoms with E-state index in [1.807, 2.05) is 36.0 Å². The van der Waals surface area contributed by atoms with Gasteiger partial charge in [0, 0.05) is 30.6 Å². The number of aryl methyl sites for hydroxylation is 1. The lowest BCUT2D eigenvalue weighted by atomic mass is 10.1. The van der Waals surface area contributed by atoms with Gasteiger partial charge >= 0.3 is 0 Å². The van der Waals surface area contributed by atoms with E-state index >= 15 is 0 Å². The molecule has 0 radical (unpaired) electrons. The number of rotatable bonds is 4. The fourth-order valence-electron chi connectivity index (χ4n) is 2.16. The lowest BCUT2D eigenvalue weighted by Gasteiger charge is -2.10. The smallest absolute Gasteiger partial charge is 0.0952 e. The Labute approximate surface area is 121 Å². The predicted molar refractivity (Wildman–Crippen MR) is 81.4 cm³/mol. The molecule has 0 aliphatic carbocycles. The standard InChI is InChI=1S/C15H16N4S/c1-19-10-17-8-14(19)12(16)7-15-18-13(9-20-15)11-5-3-2-4-6-11/h2-6,8-10,12H,7,16H2,1H3. The monoisotopic (exact) mass is 284 g/mol. The first-order valence-electron chi connectivity index (χ1n) is 6.45. The normalized spacial score (nSPS) is 12.5. The molecular formula is C15H16N4S. The molecule has 0 amide bonds. The van der Waals surface area contributed by atoms with Crippen LogP contribution in [0.15, 0.2) is 48.2 Å². The highest BCUT2D eigenvalue weighted by atomic mass is 32.1. The van der Waals surface area contributed by atoms with E-state index in [1.54, 1.807) is 17.7 Å². The van der Waals surface area contributed by atoms with Crippen molar-refractivity contribution in [3.05, 3.63) is 58.9 Å². The van der Waals surface area contributed by atoms with Gasteiger partial charge in [-0.05, 0) is 0 Å². The molecule has 2 aromatic heterocycles. The molecule has 0 spiro atoms. The van der Waals surface area contributed by atoms with Crippen molar-refractivity contribution in [1.29, 1.82) is 0 Å². The highest BCUT2D eigenvalue weighted by Crippen LogP contribution is 2.24. The van der Waals surface area contributed by atoms with Crippen molar-refractivity contribution in [3.63, 3.8) is 0 Å². The average Bonchev–Trinajstić information content (AvgIpc) is 3.09. The lowest BCUT2D eigenvalue weighted by molar-refractivity contribution is 0.654. The maximum absolute atomic E-state index is 6.23. The number of benzene rings is 1. The first kappa shape index (κ1) is 13.0. The number of hydrogen-bond donors (Lipinski definition) is 1. The van der Waals surface area contributed by atoms with E-state index in [0.29, 0.717) is 0 Å². The molecule has 1 unspecified atom stereocenters. The highest BCUT2D eigenvalue weighted by Gasteiger charge is 2.13. The molecule has 2 heterocycles. The Balaban J connectivity index is 1.76. The Kier molecular flexibility index (Phi) is 3.62. The zero-order chi connectivity index (χ0) is 13.9. The topological polar surface area (TPSA) is 56.7 Å². The summed E-state index contributed by atoms with van der Waals surface area (Å²) in [7, 11) is 1.96. The van der Waals surface area contributed by atoms with Crippen LogP contribution in [0.25, 0.3) is 11.3 Å². The van der Waals surface area contributed by atoms with Gasteiger partial charge in [-0.15, -0.1) is 11.3 Å². The van der Waals surface area contributed by atoms with Gasteiger partial charge in [-0.25, -0.2) is 9.97 Å². The number of nitrogens with two attached hydrogens (primary N) is 1. The van der Waals surface area contributed by atoms with Crippen molar-refractivity contribution < 1.29 is 0 Å². The van der Waals surface area contributed by atoms with Crippen LogP contribution in [0.5, 0.6) is 0 Å². The van der Waals surface area contributed by atoms with Gasteiger partial charge < -0.3 is 10.3 Å². The third kappa shape index (κ3) is 2.64. The Morgan fingerprint density at radius 2 is 2.10 bits per heavy atom. The molecule has 3 rings (SSSR count). The van der Waals surface area contributed by atoms with Gasteiger partial charge in [0.15, 0.2) is 0 Å². The van der Waals surface area contributed by atoms with Crippen LogP contribution in [0, 0.1) is 0 Å². The SMILES string of the molecule is Cn1cncc1C(N)Cc1nc(-c2ccccc2)cs1. The Morgan fingerprint density at radius 3 is 2.80 bits per heavy atom. The summed E-state index contributed by atoms with van der Waals surface area (Å²) in [5.74, 6) is 0. The second kappa shape index (κ2) is 5.56. The van der Waals surface area contributed by atoms with E-state index in [9.17, 15) is 0 Å². The van der Waals surface area contributed by atoms with Gasteiger partial charge in [-0.3, -0.25) is 0 Å². The Bertz CT molecular complexity index is 687. The molecule has 1 atom stereocenters. The van der Waals surface area contributed by atoms with E-state index in [-0.39, 0.29) is 6.04 Å². The quantitative estimate of drug-likeness (QED) is 0.801. The van der Waals surface area contributed by atoms with E-state index in [4.69, 9.17) is 5.73 Å². The van der Waals surface area contributed by atoms with Crippen LogP contribution in [0.1, 0.15) is 16.7 Å². The molecule has 20 heavy (non-hydrogen) atoms. The van der Waals surface area contributed by atoms with Gasteiger partial charge in [0.1, 0.15) is 0 Å². The number of nitrogens with zero attached hydrogens (tertiary/aromatic N) is 3. The Morgan fingerprint density at radius 1 is 1.30 bits per heavy atom. The van der Waals surface area contributed by atoms with E-state index < -0.39 is 0 Å². The first-order valence-corrected chi connectivity index (χ1v) is 7.33. The second-order valence-electron chi connectivity index (χ2n) is 4.73. The summed E-state index contributed by atoms with van der Waals surface area (Å²) in [6.45, 7) is 0. The number of hydrogen-bond acceptors (Lipinski definition) is 4. The maximum atomic E-state index is 6.23. The number of imidazole rings is 1. The zero-order valence-corrected chi connectivity index (χ0v) is 12.0. The summed E-state index contributed by atoms with van der Waals surface area (Å²) >= 11 is 1.66. The molecule has 5 heteroatoms. The third-order valence-corrected chi connectivity index (χ3v) is 4.12. The fraction of sp³-hybridized carbons (Fsp3) is 0.200. The second-order valence-corrected chi connectivity index (χ2v) is 5.68. The number of thiazole rings is 1. The first-order chi connectivity index (χ1) is 9.74. The van der Waals surface area contributed by atoms with Crippen molar-refractivity contribution in [2.45, 2.75) is 12.5 Å². The highest BCUT2D eigenvalue weighted by molar-refractivity contribution is 7.09. The molecule has 0 fully saturated rings. The van der Waals surface area contributed by atoms with Crippen LogP contribution in [0.3, 0.4) is 0 Å². The molecule has 0 saturated carbocycles. The molecule has 102 valence electrons. The van der Waals surface area contributed by atoms with Crippen molar-refractivity contribution in [3.8, 4) is 11.3 Å². The zero-order valence-electron chi connectivity index (χ0n) is 11.2. The molecule has 0 aliphatic heterocycles. The average molecular weight is 284 g/mol. The molecule has 0 saturated heterocycles. The molecule has 0 bridgehead atoms. The van der Waals surface area contributed by atoms with Crippen molar-refractivity contribution in [2.75, 3.05) is 0 Å². The molecule has 2 N–H and O–H groups in total. The van der Waals surface area contributed by atoms with Crippen LogP contribution in [0.2, 0.25) is 0 Å². The molecule has 0 aliphatic rings. The third-order valence-electron chi connectivity index (χ3n) is 3.25. The number of aromatic nitrogens is 3.